The summed E-state index contributed by atoms with van der Waals surface area (Å²) in [7, 11) is 0. The van der Waals surface area contributed by atoms with Crippen LogP contribution in [0.15, 0.2) is 0 Å². The molecule has 1 aliphatic heterocycles. The van der Waals surface area contributed by atoms with Crippen molar-refractivity contribution in [1.82, 2.24) is 0 Å². The van der Waals surface area contributed by atoms with Crippen molar-refractivity contribution in [3.05, 3.63) is 0 Å². The third kappa shape index (κ3) is 9.86. The van der Waals surface area contributed by atoms with E-state index in [1.165, 1.54) is 57.8 Å². The fourth-order valence-corrected chi connectivity index (χ4v) is 2.65. The van der Waals surface area contributed by atoms with Crippen LogP contribution in [0.25, 0.3) is 0 Å². The van der Waals surface area contributed by atoms with Crippen molar-refractivity contribution in [1.29, 1.82) is 0 Å². The van der Waals surface area contributed by atoms with E-state index in [0.29, 0.717) is 6.42 Å². The predicted octanol–water partition coefficient (Wildman–Crippen LogP) is 3.60. The van der Waals surface area contributed by atoms with E-state index in [4.69, 9.17) is 14.6 Å². The van der Waals surface area contributed by atoms with Gasteiger partial charge in [-0.3, -0.25) is 4.79 Å². The molecule has 1 rings (SSSR count). The van der Waals surface area contributed by atoms with Crippen molar-refractivity contribution in [2.75, 3.05) is 13.2 Å². The van der Waals surface area contributed by atoms with Crippen LogP contribution in [0.3, 0.4) is 0 Å². The number of esters is 1. The van der Waals surface area contributed by atoms with Gasteiger partial charge in [0.2, 0.25) is 0 Å². The number of carbonyl (C=O) groups excluding carboxylic acids is 1. The molecule has 0 saturated carbocycles. The quantitative estimate of drug-likeness (QED) is 0.302. The van der Waals surface area contributed by atoms with Crippen molar-refractivity contribution in [3.8, 4) is 0 Å². The molecule has 1 heterocycles. The maximum Gasteiger partial charge on any atom is 0.308 e. The van der Waals surface area contributed by atoms with Gasteiger partial charge < -0.3 is 14.6 Å². The van der Waals surface area contributed by atoms with Gasteiger partial charge in [0.1, 0.15) is 6.61 Å². The molecule has 0 bridgehead atoms. The maximum absolute atomic E-state index is 11.3. The number of hydrogen-bond donors (Lipinski definition) is 1. The highest BCUT2D eigenvalue weighted by atomic mass is 16.6. The van der Waals surface area contributed by atoms with Gasteiger partial charge in [-0.05, 0) is 6.42 Å². The molecule has 21 heavy (non-hydrogen) atoms. The fraction of sp³-hybridized carbons (Fsp3) is 0.941. The zero-order chi connectivity index (χ0) is 15.3. The Labute approximate surface area is 129 Å². The standard InChI is InChI=1S/C17H32O4/c1-2-3-4-5-6-7-8-9-10-11-15-16(21-15)14-17(19)20-13-12-18/h15-16,18H,2-14H2,1H3. The van der Waals surface area contributed by atoms with Crippen molar-refractivity contribution >= 4 is 5.97 Å². The van der Waals surface area contributed by atoms with Gasteiger partial charge in [-0.2, -0.15) is 0 Å². The molecular formula is C17H32O4. The van der Waals surface area contributed by atoms with Crippen LogP contribution in [0, 0.1) is 0 Å². The number of carbonyl (C=O) groups is 1. The molecule has 0 spiro atoms. The molecule has 1 aliphatic rings. The Morgan fingerprint density at radius 1 is 1.00 bits per heavy atom. The highest BCUT2D eigenvalue weighted by molar-refractivity contribution is 5.70. The van der Waals surface area contributed by atoms with Crippen molar-refractivity contribution in [3.63, 3.8) is 0 Å². The Hall–Kier alpha value is -0.610. The SMILES string of the molecule is CCCCCCCCCCCC1OC1CC(=O)OCCO. The molecule has 0 amide bonds. The van der Waals surface area contributed by atoms with Crippen LogP contribution in [0.5, 0.6) is 0 Å². The largest absolute Gasteiger partial charge is 0.463 e. The Morgan fingerprint density at radius 2 is 1.62 bits per heavy atom. The number of rotatable bonds is 14. The first-order valence-electron chi connectivity index (χ1n) is 8.70. The number of aliphatic hydroxyl groups excluding tert-OH is 1. The Bertz CT molecular complexity index is 268. The van der Waals surface area contributed by atoms with Crippen LogP contribution in [-0.2, 0) is 14.3 Å². The van der Waals surface area contributed by atoms with Gasteiger partial charge >= 0.3 is 5.97 Å². The first kappa shape index (κ1) is 18.4. The number of aliphatic hydroxyl groups is 1. The minimum absolute atomic E-state index is 0.0604. The molecule has 0 aliphatic carbocycles. The summed E-state index contributed by atoms with van der Waals surface area (Å²) in [5.41, 5.74) is 0. The van der Waals surface area contributed by atoms with Crippen LogP contribution in [-0.4, -0.2) is 36.5 Å². The third-order valence-corrected chi connectivity index (χ3v) is 4.00. The predicted molar refractivity (Wildman–Crippen MR) is 83.2 cm³/mol. The van der Waals surface area contributed by atoms with Crippen LogP contribution in [0.1, 0.15) is 77.6 Å². The molecule has 1 fully saturated rings. The normalized spacial score (nSPS) is 20.5. The first-order chi connectivity index (χ1) is 10.3. The van der Waals surface area contributed by atoms with E-state index in [0.717, 1.165) is 6.42 Å². The summed E-state index contributed by atoms with van der Waals surface area (Å²) in [5, 5.41) is 8.56. The number of hydrogen-bond acceptors (Lipinski definition) is 4. The van der Waals surface area contributed by atoms with E-state index in [9.17, 15) is 4.79 Å². The summed E-state index contributed by atoms with van der Waals surface area (Å²) in [6, 6.07) is 0. The summed E-state index contributed by atoms with van der Waals surface area (Å²) in [4.78, 5) is 11.3. The van der Waals surface area contributed by atoms with Gasteiger partial charge in [0.15, 0.2) is 0 Å². The molecule has 0 aromatic heterocycles. The fourth-order valence-electron chi connectivity index (χ4n) is 2.65. The molecule has 2 unspecified atom stereocenters. The van der Waals surface area contributed by atoms with Crippen LogP contribution >= 0.6 is 0 Å². The molecule has 0 aromatic carbocycles. The molecule has 4 nitrogen and oxygen atoms in total. The second-order valence-corrected chi connectivity index (χ2v) is 5.98. The maximum atomic E-state index is 11.3. The monoisotopic (exact) mass is 300 g/mol. The van der Waals surface area contributed by atoms with Gasteiger partial charge in [0.25, 0.3) is 0 Å². The minimum atomic E-state index is -0.261. The van der Waals surface area contributed by atoms with E-state index in [1.807, 2.05) is 0 Å². The zero-order valence-corrected chi connectivity index (χ0v) is 13.5. The lowest BCUT2D eigenvalue weighted by molar-refractivity contribution is -0.144. The van der Waals surface area contributed by atoms with E-state index < -0.39 is 0 Å². The highest BCUT2D eigenvalue weighted by Gasteiger charge is 2.39. The summed E-state index contributed by atoms with van der Waals surface area (Å²) in [5.74, 6) is -0.261. The topological polar surface area (TPSA) is 59.1 Å². The van der Waals surface area contributed by atoms with E-state index in [1.54, 1.807) is 0 Å². The smallest absolute Gasteiger partial charge is 0.308 e. The van der Waals surface area contributed by atoms with E-state index in [2.05, 4.69) is 6.92 Å². The van der Waals surface area contributed by atoms with Gasteiger partial charge in [-0.15, -0.1) is 0 Å². The van der Waals surface area contributed by atoms with Gasteiger partial charge in [0.05, 0.1) is 25.2 Å². The molecule has 1 saturated heterocycles. The lowest BCUT2D eigenvalue weighted by atomic mass is 10.0. The lowest BCUT2D eigenvalue weighted by Gasteiger charge is -2.01. The van der Waals surface area contributed by atoms with Crippen LogP contribution < -0.4 is 0 Å². The van der Waals surface area contributed by atoms with Crippen LogP contribution in [0.2, 0.25) is 0 Å². The molecule has 124 valence electrons. The Morgan fingerprint density at radius 3 is 2.24 bits per heavy atom. The molecule has 2 atom stereocenters. The molecule has 4 heteroatoms. The number of ether oxygens (including phenoxy) is 2. The first-order valence-corrected chi connectivity index (χ1v) is 8.70. The average molecular weight is 300 g/mol. The lowest BCUT2D eigenvalue weighted by Crippen LogP contribution is -2.11. The van der Waals surface area contributed by atoms with Crippen molar-refractivity contribution in [2.24, 2.45) is 0 Å². The summed E-state index contributed by atoms with van der Waals surface area (Å²) >= 11 is 0. The van der Waals surface area contributed by atoms with Crippen LogP contribution in [0.4, 0.5) is 0 Å². The molecule has 0 radical (unpaired) electrons. The molecule has 1 N–H and O–H groups in total. The average Bonchev–Trinajstić information content (AvgIpc) is 3.21. The molecular weight excluding hydrogens is 268 g/mol. The van der Waals surface area contributed by atoms with Gasteiger partial charge in [-0.25, -0.2) is 0 Å². The molecule has 0 aromatic rings. The second-order valence-electron chi connectivity index (χ2n) is 5.98. The van der Waals surface area contributed by atoms with Crippen molar-refractivity contribution < 1.29 is 19.4 Å². The summed E-state index contributed by atoms with van der Waals surface area (Å²) < 4.78 is 10.3. The third-order valence-electron chi connectivity index (χ3n) is 4.00. The van der Waals surface area contributed by atoms with Gasteiger partial charge in [0, 0.05) is 0 Å². The second kappa shape index (κ2) is 12.0. The highest BCUT2D eigenvalue weighted by Crippen LogP contribution is 2.30. The summed E-state index contributed by atoms with van der Waals surface area (Å²) in [6.45, 7) is 2.23. The van der Waals surface area contributed by atoms with Crippen molar-refractivity contribution in [2.45, 2.75) is 89.8 Å². The number of unbranched alkanes of at least 4 members (excludes halogenated alkanes) is 8. The Kier molecular flexibility index (Phi) is 10.5. The van der Waals surface area contributed by atoms with Gasteiger partial charge in [-0.1, -0.05) is 64.7 Å². The number of epoxide rings is 1. The Balaban J connectivity index is 1.82. The van der Waals surface area contributed by atoms with E-state index >= 15 is 0 Å². The van der Waals surface area contributed by atoms with E-state index in [-0.39, 0.29) is 31.4 Å². The zero-order valence-electron chi connectivity index (χ0n) is 13.5. The summed E-state index contributed by atoms with van der Waals surface area (Å²) in [6.07, 6.45) is 13.7. The minimum Gasteiger partial charge on any atom is -0.463 e.